The average molecular weight is 217 g/mol. The summed E-state index contributed by atoms with van der Waals surface area (Å²) in [6.45, 7) is 3.08. The number of benzene rings is 1. The fourth-order valence-corrected chi connectivity index (χ4v) is 1.27. The largest absolute Gasteiger partial charge is 0.404 e. The van der Waals surface area contributed by atoms with Crippen LogP contribution in [0.3, 0.4) is 0 Å². The highest BCUT2D eigenvalue weighted by Gasteiger charge is 2.10. The summed E-state index contributed by atoms with van der Waals surface area (Å²) >= 11 is 0. The Morgan fingerprint density at radius 2 is 1.94 bits per heavy atom. The van der Waals surface area contributed by atoms with E-state index >= 15 is 0 Å². The summed E-state index contributed by atoms with van der Waals surface area (Å²) < 4.78 is 4.91. The molecule has 1 aromatic carbocycles. The number of aryl methyl sites for hydroxylation is 1. The Bertz CT molecular complexity index is 505. The van der Waals surface area contributed by atoms with E-state index in [1.807, 2.05) is 30.3 Å². The third kappa shape index (κ3) is 2.08. The second kappa shape index (κ2) is 4.14. The van der Waals surface area contributed by atoms with Crippen molar-refractivity contribution in [3.05, 3.63) is 36.0 Å². The summed E-state index contributed by atoms with van der Waals surface area (Å²) in [5.41, 5.74) is 1.41. The van der Waals surface area contributed by atoms with Crippen LogP contribution in [0.15, 0.2) is 30.3 Å². The number of esters is 1. The van der Waals surface area contributed by atoms with Crippen LogP contribution in [0.25, 0.3) is 5.69 Å². The predicted molar refractivity (Wildman–Crippen MR) is 57.4 cm³/mol. The van der Waals surface area contributed by atoms with Crippen LogP contribution in [0.2, 0.25) is 0 Å². The number of carbonyl (C=O) groups is 1. The monoisotopic (exact) mass is 217 g/mol. The van der Waals surface area contributed by atoms with E-state index in [2.05, 4.69) is 10.2 Å². The van der Waals surface area contributed by atoms with Gasteiger partial charge in [0.15, 0.2) is 0 Å². The van der Waals surface area contributed by atoms with Crippen molar-refractivity contribution in [3.63, 3.8) is 0 Å². The molecule has 0 unspecified atom stereocenters. The van der Waals surface area contributed by atoms with Crippen molar-refractivity contribution in [1.29, 1.82) is 0 Å². The van der Waals surface area contributed by atoms with Crippen LogP contribution in [0, 0.1) is 6.92 Å². The summed E-state index contributed by atoms with van der Waals surface area (Å²) in [5, 5.41) is 8.24. The van der Waals surface area contributed by atoms with E-state index in [0.29, 0.717) is 5.69 Å². The van der Waals surface area contributed by atoms with Crippen LogP contribution in [0.4, 0.5) is 0 Å². The summed E-state index contributed by atoms with van der Waals surface area (Å²) in [4.78, 5) is 12.2. The second-order valence-electron chi connectivity index (χ2n) is 3.31. The summed E-state index contributed by atoms with van der Waals surface area (Å²) in [6, 6.07) is 9.43. The Morgan fingerprint density at radius 3 is 2.56 bits per heavy atom. The van der Waals surface area contributed by atoms with Gasteiger partial charge in [-0.2, -0.15) is 0 Å². The van der Waals surface area contributed by atoms with Crippen molar-refractivity contribution in [2.75, 3.05) is 0 Å². The van der Waals surface area contributed by atoms with Gasteiger partial charge in [-0.15, -0.1) is 15.0 Å². The third-order valence-electron chi connectivity index (χ3n) is 1.97. The van der Waals surface area contributed by atoms with Crippen molar-refractivity contribution < 1.29 is 9.53 Å². The van der Waals surface area contributed by atoms with E-state index in [1.165, 1.54) is 11.7 Å². The molecule has 0 aliphatic rings. The molecule has 0 fully saturated rings. The molecule has 0 aliphatic carbocycles. The van der Waals surface area contributed by atoms with Crippen molar-refractivity contribution >= 4 is 5.97 Å². The first kappa shape index (κ1) is 10.4. The minimum absolute atomic E-state index is 0.247. The van der Waals surface area contributed by atoms with E-state index in [9.17, 15) is 4.79 Å². The van der Waals surface area contributed by atoms with Crippen molar-refractivity contribution in [3.8, 4) is 11.6 Å². The average Bonchev–Trinajstić information content (AvgIpc) is 2.61. The number of ether oxygens (including phenoxy) is 1. The molecule has 0 saturated heterocycles. The van der Waals surface area contributed by atoms with Gasteiger partial charge in [-0.3, -0.25) is 4.79 Å². The van der Waals surface area contributed by atoms with Gasteiger partial charge in [-0.25, -0.2) is 0 Å². The molecule has 16 heavy (non-hydrogen) atoms. The molecule has 0 radical (unpaired) electrons. The molecule has 5 nitrogen and oxygen atoms in total. The molecular formula is C11H11N3O2. The van der Waals surface area contributed by atoms with Crippen LogP contribution in [-0.2, 0) is 4.79 Å². The highest BCUT2D eigenvalue weighted by atomic mass is 16.5. The van der Waals surface area contributed by atoms with Crippen molar-refractivity contribution in [2.24, 2.45) is 0 Å². The molecule has 0 saturated carbocycles. The first-order valence-corrected chi connectivity index (χ1v) is 4.84. The number of para-hydroxylation sites is 1. The Labute approximate surface area is 92.7 Å². The molecule has 0 amide bonds. The smallest absolute Gasteiger partial charge is 0.309 e. The molecule has 2 aromatic rings. The highest BCUT2D eigenvalue weighted by Crippen LogP contribution is 2.14. The maximum Gasteiger partial charge on any atom is 0.309 e. The Hall–Kier alpha value is -2.17. The SMILES string of the molecule is CC(=O)Oc1nn(-c2ccccc2)nc1C. The Kier molecular flexibility index (Phi) is 2.68. The Morgan fingerprint density at radius 1 is 1.25 bits per heavy atom. The standard InChI is InChI=1S/C11H11N3O2/c1-8-11(16-9(2)15)13-14(12-8)10-6-4-3-5-7-10/h3-7H,1-2H3. The first-order valence-electron chi connectivity index (χ1n) is 4.84. The molecule has 1 aromatic heterocycles. The lowest BCUT2D eigenvalue weighted by Crippen LogP contribution is -2.03. The maximum absolute atomic E-state index is 10.8. The molecule has 0 atom stereocenters. The lowest BCUT2D eigenvalue weighted by molar-refractivity contribution is -0.132. The zero-order chi connectivity index (χ0) is 11.5. The van der Waals surface area contributed by atoms with E-state index in [0.717, 1.165) is 5.69 Å². The number of nitrogens with zero attached hydrogens (tertiary/aromatic N) is 3. The number of carbonyl (C=O) groups excluding carboxylic acids is 1. The first-order chi connectivity index (χ1) is 7.66. The zero-order valence-corrected chi connectivity index (χ0v) is 9.04. The van der Waals surface area contributed by atoms with Gasteiger partial charge in [-0.05, 0) is 19.1 Å². The van der Waals surface area contributed by atoms with Crippen LogP contribution in [-0.4, -0.2) is 21.0 Å². The molecule has 82 valence electrons. The van der Waals surface area contributed by atoms with Crippen LogP contribution >= 0.6 is 0 Å². The van der Waals surface area contributed by atoms with Gasteiger partial charge in [0, 0.05) is 6.92 Å². The predicted octanol–water partition coefficient (Wildman–Crippen LogP) is 1.50. The molecular weight excluding hydrogens is 206 g/mol. The fraction of sp³-hybridized carbons (Fsp3) is 0.182. The molecule has 5 heteroatoms. The van der Waals surface area contributed by atoms with E-state index in [4.69, 9.17) is 4.74 Å². The van der Waals surface area contributed by atoms with Crippen molar-refractivity contribution in [1.82, 2.24) is 15.0 Å². The molecule has 0 bridgehead atoms. The lowest BCUT2D eigenvalue weighted by Gasteiger charge is -1.97. The lowest BCUT2D eigenvalue weighted by atomic mass is 10.3. The van der Waals surface area contributed by atoms with Crippen molar-refractivity contribution in [2.45, 2.75) is 13.8 Å². The van der Waals surface area contributed by atoms with Crippen LogP contribution < -0.4 is 4.74 Å². The van der Waals surface area contributed by atoms with Gasteiger partial charge in [0.25, 0.3) is 5.88 Å². The van der Waals surface area contributed by atoms with E-state index < -0.39 is 5.97 Å². The summed E-state index contributed by atoms with van der Waals surface area (Å²) in [7, 11) is 0. The third-order valence-corrected chi connectivity index (χ3v) is 1.97. The highest BCUT2D eigenvalue weighted by molar-refractivity contribution is 5.68. The van der Waals surface area contributed by atoms with E-state index in [1.54, 1.807) is 6.92 Å². The van der Waals surface area contributed by atoms with Crippen LogP contribution in [0.5, 0.6) is 5.88 Å². The Balaban J connectivity index is 2.34. The minimum Gasteiger partial charge on any atom is -0.404 e. The quantitative estimate of drug-likeness (QED) is 0.715. The van der Waals surface area contributed by atoms with Gasteiger partial charge < -0.3 is 4.74 Å². The molecule has 1 heterocycles. The summed E-state index contributed by atoms with van der Waals surface area (Å²) in [5.74, 6) is -0.153. The second-order valence-corrected chi connectivity index (χ2v) is 3.31. The van der Waals surface area contributed by atoms with Gasteiger partial charge >= 0.3 is 5.97 Å². The van der Waals surface area contributed by atoms with E-state index in [-0.39, 0.29) is 5.88 Å². The number of rotatable bonds is 2. The molecule has 0 N–H and O–H groups in total. The number of aromatic nitrogens is 3. The molecule has 0 aliphatic heterocycles. The maximum atomic E-state index is 10.8. The molecule has 0 spiro atoms. The van der Waals surface area contributed by atoms with Gasteiger partial charge in [-0.1, -0.05) is 18.2 Å². The number of hydrogen-bond acceptors (Lipinski definition) is 4. The summed E-state index contributed by atoms with van der Waals surface area (Å²) in [6.07, 6.45) is 0. The molecule has 2 rings (SSSR count). The normalized spacial score (nSPS) is 10.1. The minimum atomic E-state index is -0.400. The van der Waals surface area contributed by atoms with Gasteiger partial charge in [0.05, 0.1) is 5.69 Å². The van der Waals surface area contributed by atoms with Crippen LogP contribution in [0.1, 0.15) is 12.6 Å². The fourth-order valence-electron chi connectivity index (χ4n) is 1.27. The zero-order valence-electron chi connectivity index (χ0n) is 9.04. The topological polar surface area (TPSA) is 57.0 Å². The van der Waals surface area contributed by atoms with Gasteiger partial charge in [0.1, 0.15) is 5.69 Å². The van der Waals surface area contributed by atoms with Gasteiger partial charge in [0.2, 0.25) is 0 Å². The number of hydrogen-bond donors (Lipinski definition) is 0.